The summed E-state index contributed by atoms with van der Waals surface area (Å²) in [7, 11) is -3.53. The predicted molar refractivity (Wildman–Crippen MR) is 135 cm³/mol. The van der Waals surface area contributed by atoms with Crippen LogP contribution in [-0.2, 0) is 33.2 Å². The highest BCUT2D eigenvalue weighted by Gasteiger charge is 2.43. The first-order valence-electron chi connectivity index (χ1n) is 11.9. The van der Waals surface area contributed by atoms with E-state index in [0.717, 1.165) is 35.8 Å². The number of sulfone groups is 1. The van der Waals surface area contributed by atoms with Crippen molar-refractivity contribution >= 4 is 26.4 Å². The molecule has 35 heavy (non-hydrogen) atoms. The average molecular weight is 486 g/mol. The topological polar surface area (TPSA) is 89.9 Å². The number of ketones is 1. The first-order valence-corrected chi connectivity index (χ1v) is 13.6. The van der Waals surface area contributed by atoms with Crippen LogP contribution in [0.1, 0.15) is 48.2 Å². The summed E-state index contributed by atoms with van der Waals surface area (Å²) in [5.74, 6) is 0.407. The van der Waals surface area contributed by atoms with E-state index >= 15 is 0 Å². The molecule has 2 aromatic carbocycles. The third kappa shape index (κ3) is 5.15. The molecule has 1 fully saturated rings. The van der Waals surface area contributed by atoms with Crippen LogP contribution in [0.5, 0.6) is 0 Å². The summed E-state index contributed by atoms with van der Waals surface area (Å²) in [4.78, 5) is 25.6. The van der Waals surface area contributed by atoms with Crippen molar-refractivity contribution in [3.05, 3.63) is 95.8 Å². The first-order chi connectivity index (χ1) is 16.9. The highest BCUT2D eigenvalue weighted by molar-refractivity contribution is 7.90. The maximum atomic E-state index is 13.0. The molecule has 0 radical (unpaired) electrons. The van der Waals surface area contributed by atoms with Crippen LogP contribution in [-0.4, -0.2) is 29.2 Å². The molecule has 1 aliphatic carbocycles. The molecule has 1 unspecified atom stereocenters. The van der Waals surface area contributed by atoms with Gasteiger partial charge in [0.2, 0.25) is 0 Å². The van der Waals surface area contributed by atoms with E-state index in [2.05, 4.69) is 27.9 Å². The smallest absolute Gasteiger partial charge is 0.185 e. The number of nitrogens with zero attached hydrogens (tertiary/aromatic N) is 3. The Morgan fingerprint density at radius 3 is 2.54 bits per heavy atom. The van der Waals surface area contributed by atoms with Crippen LogP contribution in [0.2, 0.25) is 0 Å². The maximum Gasteiger partial charge on any atom is 0.185 e. The Kier molecular flexibility index (Phi) is 6.43. The fourth-order valence-corrected chi connectivity index (χ4v) is 5.89. The van der Waals surface area contributed by atoms with Crippen LogP contribution in [0, 0.1) is 5.92 Å². The Balaban J connectivity index is 1.25. The van der Waals surface area contributed by atoms with Crippen molar-refractivity contribution in [1.82, 2.24) is 15.0 Å². The van der Waals surface area contributed by atoms with Crippen LogP contribution in [0.15, 0.2) is 78.2 Å². The largest absolute Gasteiger partial charge is 0.299 e. The number of aryl methyl sites for hydroxylation is 1. The van der Waals surface area contributed by atoms with Gasteiger partial charge in [-0.3, -0.25) is 9.78 Å². The third-order valence-corrected chi connectivity index (χ3v) is 8.24. The summed E-state index contributed by atoms with van der Waals surface area (Å²) in [6.45, 7) is 2.15. The van der Waals surface area contributed by atoms with E-state index in [9.17, 15) is 13.2 Å². The molecule has 0 spiro atoms. The van der Waals surface area contributed by atoms with Crippen molar-refractivity contribution < 1.29 is 13.2 Å². The molecule has 0 saturated heterocycles. The number of benzene rings is 2. The zero-order valence-electron chi connectivity index (χ0n) is 19.6. The average Bonchev–Trinajstić information content (AvgIpc) is 3.66. The summed E-state index contributed by atoms with van der Waals surface area (Å²) >= 11 is 0. The minimum Gasteiger partial charge on any atom is -0.299 e. The van der Waals surface area contributed by atoms with Gasteiger partial charge in [0, 0.05) is 42.5 Å². The zero-order valence-corrected chi connectivity index (χ0v) is 20.4. The van der Waals surface area contributed by atoms with Crippen LogP contribution < -0.4 is 0 Å². The number of carbonyl (C=O) groups is 1. The molecule has 0 aliphatic heterocycles. The van der Waals surface area contributed by atoms with Gasteiger partial charge in [-0.05, 0) is 59.0 Å². The van der Waals surface area contributed by atoms with E-state index in [0.29, 0.717) is 6.42 Å². The number of carbonyl (C=O) groups excluding carboxylic acids is 1. The summed E-state index contributed by atoms with van der Waals surface area (Å²) in [6, 6.07) is 14.8. The summed E-state index contributed by atoms with van der Waals surface area (Å²) in [5.41, 5.74) is 3.26. The highest BCUT2D eigenvalue weighted by Crippen LogP contribution is 2.48. The lowest BCUT2D eigenvalue weighted by Gasteiger charge is -2.08. The number of hydrogen-bond acceptors (Lipinski definition) is 6. The van der Waals surface area contributed by atoms with Crippen molar-refractivity contribution in [3.8, 4) is 0 Å². The molecule has 2 heterocycles. The predicted octanol–water partition coefficient (Wildman–Crippen LogP) is 4.87. The van der Waals surface area contributed by atoms with Crippen molar-refractivity contribution in [2.24, 2.45) is 5.92 Å². The normalized spacial score (nSPS) is 17.4. The molecule has 0 amide bonds. The SMILES string of the molecule is CCCc1cncc2ccc(CC(=O)[C@@H]3CC3c3ccc(S(=O)(=O)Cc4ncccn4)cc3)cc12. The van der Waals surface area contributed by atoms with Gasteiger partial charge in [-0.2, -0.15) is 0 Å². The van der Waals surface area contributed by atoms with Crippen LogP contribution in [0.3, 0.4) is 0 Å². The van der Waals surface area contributed by atoms with E-state index < -0.39 is 9.84 Å². The molecular weight excluding hydrogens is 458 g/mol. The Morgan fingerprint density at radius 2 is 1.80 bits per heavy atom. The van der Waals surface area contributed by atoms with Gasteiger partial charge in [-0.15, -0.1) is 0 Å². The molecule has 0 N–H and O–H groups in total. The van der Waals surface area contributed by atoms with Crippen molar-refractivity contribution in [2.45, 2.75) is 49.2 Å². The van der Waals surface area contributed by atoms with Gasteiger partial charge >= 0.3 is 0 Å². The minimum atomic E-state index is -3.53. The lowest BCUT2D eigenvalue weighted by Crippen LogP contribution is -2.08. The highest BCUT2D eigenvalue weighted by atomic mass is 32.2. The van der Waals surface area contributed by atoms with Gasteiger partial charge in [-0.25, -0.2) is 18.4 Å². The van der Waals surface area contributed by atoms with Gasteiger partial charge in [0.15, 0.2) is 9.84 Å². The zero-order chi connectivity index (χ0) is 24.4. The van der Waals surface area contributed by atoms with Crippen molar-refractivity contribution in [1.29, 1.82) is 0 Å². The number of hydrogen-bond donors (Lipinski definition) is 0. The molecule has 6 nitrogen and oxygen atoms in total. The van der Waals surface area contributed by atoms with Gasteiger partial charge in [0.05, 0.1) is 4.90 Å². The molecule has 4 aromatic rings. The van der Waals surface area contributed by atoms with Gasteiger partial charge < -0.3 is 0 Å². The van der Waals surface area contributed by atoms with E-state index in [1.165, 1.54) is 23.3 Å². The summed E-state index contributed by atoms with van der Waals surface area (Å²) < 4.78 is 25.4. The van der Waals surface area contributed by atoms with Crippen LogP contribution >= 0.6 is 0 Å². The van der Waals surface area contributed by atoms with Crippen molar-refractivity contribution in [3.63, 3.8) is 0 Å². The van der Waals surface area contributed by atoms with Crippen LogP contribution in [0.25, 0.3) is 10.8 Å². The van der Waals surface area contributed by atoms with E-state index in [-0.39, 0.29) is 34.1 Å². The number of pyridine rings is 1. The number of rotatable bonds is 9. The fraction of sp³-hybridized carbons (Fsp3) is 0.286. The van der Waals surface area contributed by atoms with E-state index in [4.69, 9.17) is 0 Å². The molecule has 2 aromatic heterocycles. The molecule has 2 atom stereocenters. The quantitative estimate of drug-likeness (QED) is 0.336. The third-order valence-electron chi connectivity index (χ3n) is 6.62. The molecule has 0 bridgehead atoms. The first kappa shape index (κ1) is 23.3. The molecule has 5 rings (SSSR count). The molecular formula is C28H27N3O3S. The molecule has 178 valence electrons. The lowest BCUT2D eigenvalue weighted by atomic mass is 9.98. The van der Waals surface area contributed by atoms with Gasteiger partial charge in [-0.1, -0.05) is 43.7 Å². The van der Waals surface area contributed by atoms with E-state index in [1.807, 2.05) is 36.7 Å². The Morgan fingerprint density at radius 1 is 1.03 bits per heavy atom. The monoisotopic (exact) mass is 485 g/mol. The molecule has 1 aliphatic rings. The van der Waals surface area contributed by atoms with Crippen LogP contribution in [0.4, 0.5) is 0 Å². The number of aromatic nitrogens is 3. The second-order valence-electron chi connectivity index (χ2n) is 9.19. The summed E-state index contributed by atoms with van der Waals surface area (Å²) in [5, 5.41) is 2.28. The van der Waals surface area contributed by atoms with Gasteiger partial charge in [0.1, 0.15) is 17.4 Å². The second-order valence-corrected chi connectivity index (χ2v) is 11.2. The Bertz CT molecular complexity index is 1470. The lowest BCUT2D eigenvalue weighted by molar-refractivity contribution is -0.119. The second kappa shape index (κ2) is 9.66. The van der Waals surface area contributed by atoms with Crippen molar-refractivity contribution in [2.75, 3.05) is 0 Å². The van der Waals surface area contributed by atoms with E-state index in [1.54, 1.807) is 18.2 Å². The standard InChI is InChI=1S/C28H27N3O3S/c1-2-4-21-16-29-17-22-6-5-19(13-24(21)22)14-27(32)26-15-25(26)20-7-9-23(10-8-20)35(33,34)18-28-30-11-3-12-31-28/h3,5-13,16-17,25-26H,2,4,14-15,18H2,1H3/t25?,26-/m1/s1. The Hall–Kier alpha value is -3.45. The molecule has 7 heteroatoms. The Labute approximate surface area is 205 Å². The summed E-state index contributed by atoms with van der Waals surface area (Å²) in [6.07, 6.45) is 10.1. The maximum absolute atomic E-state index is 13.0. The molecule has 1 saturated carbocycles. The van der Waals surface area contributed by atoms with Gasteiger partial charge in [0.25, 0.3) is 0 Å². The fourth-order valence-electron chi connectivity index (χ4n) is 4.68. The minimum absolute atomic E-state index is 0.0153. The number of Topliss-reactive ketones (excluding diaryl/α,β-unsaturated/α-hetero) is 1. The number of fused-ring (bicyclic) bond motifs is 1.